The van der Waals surface area contributed by atoms with Gasteiger partial charge < -0.3 is 0 Å². The Labute approximate surface area is 543 Å². The molecule has 0 aliphatic heterocycles. The molecule has 0 heterocycles. The van der Waals surface area contributed by atoms with Gasteiger partial charge in [-0.15, -0.1) is 0 Å². The monoisotopic (exact) mass is 1830 g/mol. The Bertz CT molecular complexity index is 3190. The average Bonchev–Trinajstić information content (AvgIpc) is 0.707. The van der Waals surface area contributed by atoms with E-state index in [4.69, 9.17) is 0 Å². The Morgan fingerprint density at radius 2 is 0.236 bits per heavy atom. The smallest absolute Gasteiger partial charge is 0.263 e. The van der Waals surface area contributed by atoms with Crippen molar-refractivity contribution in [1.82, 2.24) is 0 Å². The van der Waals surface area contributed by atoms with Gasteiger partial charge in [-0.05, 0) is 0 Å². The van der Waals surface area contributed by atoms with Gasteiger partial charge in [0.25, 0.3) is 0 Å². The van der Waals surface area contributed by atoms with Gasteiger partial charge in [0.05, 0.1) is 0 Å². The molecule has 0 radical (unpaired) electrons. The highest BCUT2D eigenvalue weighted by Gasteiger charge is 2.96. The van der Waals surface area contributed by atoms with Crippen molar-refractivity contribution in [3.63, 3.8) is 0 Å². The highest BCUT2D eigenvalue weighted by Crippen LogP contribution is 2.67. The zero-order chi connectivity index (χ0) is 90.6. The van der Waals surface area contributed by atoms with Crippen LogP contribution in [-0.4, -0.2) is 200 Å². The molecule has 0 fully saturated rings. The number of ether oxygens (including phenoxy) is 10. The van der Waals surface area contributed by atoms with E-state index in [-0.39, 0.29) is 14.2 Å². The minimum absolute atomic E-state index is 0.246. The van der Waals surface area contributed by atoms with Crippen LogP contribution in [0.5, 0.6) is 0 Å². The molecule has 11 nitrogen and oxygen atoms in total. The normalized spacial score (nSPS) is 21.4. The fraction of sp³-hybridized carbons (Fsp3) is 0.970. The highest BCUT2D eigenvalue weighted by atomic mass is 19.5. The lowest BCUT2D eigenvalue weighted by molar-refractivity contribution is -0.613. The lowest BCUT2D eigenvalue weighted by Gasteiger charge is -2.46. The summed E-state index contributed by atoms with van der Waals surface area (Å²) in [4.78, 5) is 10.2. The molecule has 0 N–H and O–H groups in total. The second-order valence-electron chi connectivity index (χ2n) is 18.5. The number of alkyl halides is 65. The first-order valence-corrected chi connectivity index (χ1v) is 22.3. The van der Waals surface area contributed by atoms with Gasteiger partial charge in [-0.1, -0.05) is 0 Å². The van der Waals surface area contributed by atoms with E-state index in [9.17, 15) is 273 Å². The first kappa shape index (κ1) is 105. The third-order valence-corrected chi connectivity index (χ3v) is 10.7. The molecule has 0 saturated carbocycles. The second kappa shape index (κ2) is 27.4. The molecule has 0 spiro atoms. The molecule has 110 heavy (non-hydrogen) atoms. The quantitative estimate of drug-likeness (QED) is 0.0489. The summed E-state index contributed by atoms with van der Waals surface area (Å²) in [5.41, 5.74) is 0. The van der Waals surface area contributed by atoms with Gasteiger partial charge in [-0.2, -0.15) is 290 Å². The van der Waals surface area contributed by atoms with Crippen LogP contribution in [0.15, 0.2) is 0 Å². The minimum atomic E-state index is -10.6. The molecule has 0 amide bonds. The molecule has 0 aromatic carbocycles. The van der Waals surface area contributed by atoms with Crippen molar-refractivity contribution in [3.8, 4) is 0 Å². The molecule has 10 unspecified atom stereocenters. The molecule has 77 heteroatoms. The molecule has 0 aromatic heterocycles. The summed E-state index contributed by atoms with van der Waals surface area (Å²) in [6, 6.07) is -5.57. The number of halogens is 66. The van der Waals surface area contributed by atoms with E-state index in [1.807, 2.05) is 0 Å². The largest absolute Gasteiger partial charge is 0.462 e. The van der Waals surface area contributed by atoms with E-state index in [1.54, 1.807) is 0 Å². The van der Waals surface area contributed by atoms with E-state index in [2.05, 4.69) is 0 Å². The fourth-order valence-electron chi connectivity index (χ4n) is 5.34. The van der Waals surface area contributed by atoms with Crippen LogP contribution >= 0.6 is 0 Å². The summed E-state index contributed by atoms with van der Waals surface area (Å²) in [5, 5.41) is 0. The SMILES string of the molecule is O=C(F)C(F)(OC(F)(F)C(F)(OC(F)(F)C(F)(OC(F)(F)C(F)(OC(F)(F)C(F)(OC(F)(F)C(F)(OC(F)(F)C(F)(OC(F)(F)C(F)(OC(F)(F)C(F)(OC(F)(F)C(F)(OC(F)(F)C(F)(F)C(F)(F)F)C(F)(F)F)C(F)(F)F)C(F)(F)F)C(F)(F)F)C(F)(F)F)C(F)(F)F)C(F)(F)F)C(F)(F)F)C(F)(F)F)C(F)(F)F. The van der Waals surface area contributed by atoms with E-state index >= 15 is 22.0 Å². The van der Waals surface area contributed by atoms with Crippen molar-refractivity contribution >= 4 is 6.04 Å². The van der Waals surface area contributed by atoms with Crippen LogP contribution in [0.3, 0.4) is 0 Å². The number of hydrogen-bond donors (Lipinski definition) is 0. The number of rotatable bonds is 31. The van der Waals surface area contributed by atoms with Crippen LogP contribution in [-0.2, 0) is 52.2 Å². The predicted molar refractivity (Wildman–Crippen MR) is 176 cm³/mol. The molecule has 660 valence electrons. The maximum atomic E-state index is 15.2. The van der Waals surface area contributed by atoms with Crippen LogP contribution in [0, 0.1) is 0 Å². The van der Waals surface area contributed by atoms with Crippen LogP contribution in [0.25, 0.3) is 0 Å². The van der Waals surface area contributed by atoms with Gasteiger partial charge in [0.2, 0.25) is 0 Å². The van der Waals surface area contributed by atoms with Gasteiger partial charge in [0.15, 0.2) is 0 Å². The number of hydrogen-bond acceptors (Lipinski definition) is 11. The van der Waals surface area contributed by atoms with Gasteiger partial charge >= 0.3 is 200 Å². The second-order valence-corrected chi connectivity index (χ2v) is 18.5. The van der Waals surface area contributed by atoms with Crippen LogP contribution in [0.4, 0.5) is 290 Å². The Morgan fingerprint density at radius 1 is 0.136 bits per heavy atom. The summed E-state index contributed by atoms with van der Waals surface area (Å²) in [6.07, 6.45) is -206. The Balaban J connectivity index is 8.94. The summed E-state index contributed by atoms with van der Waals surface area (Å²) < 4.78 is 922. The van der Waals surface area contributed by atoms with Crippen molar-refractivity contribution in [1.29, 1.82) is 0 Å². The van der Waals surface area contributed by atoms with Gasteiger partial charge in [0.1, 0.15) is 0 Å². The number of carbonyl (C=O) groups is 1. The molecule has 0 aliphatic rings. The molecular formula is C33F66O11. The zero-order valence-electron chi connectivity index (χ0n) is 45.9. The van der Waals surface area contributed by atoms with E-state index in [0.717, 1.165) is 4.74 Å². The maximum Gasteiger partial charge on any atom is 0.462 e. The van der Waals surface area contributed by atoms with Crippen molar-refractivity contribution in [3.05, 3.63) is 0 Å². The Kier molecular flexibility index (Phi) is 26.1. The molecule has 10 atom stereocenters. The van der Waals surface area contributed by atoms with E-state index < -0.39 is 200 Å². The van der Waals surface area contributed by atoms with Crippen molar-refractivity contribution in [2.75, 3.05) is 0 Å². The van der Waals surface area contributed by atoms with Gasteiger partial charge in [-0.3, -0.25) is 52.2 Å². The predicted octanol–water partition coefficient (Wildman–Crippen LogP) is 20.1. The topological polar surface area (TPSA) is 109 Å². The van der Waals surface area contributed by atoms with Crippen LogP contribution < -0.4 is 0 Å². The summed E-state index contributed by atoms with van der Waals surface area (Å²) in [7, 11) is 0. The molecule has 0 aromatic rings. The Morgan fingerprint density at radius 3 is 0.318 bits per heavy atom. The first-order valence-electron chi connectivity index (χ1n) is 22.3. The van der Waals surface area contributed by atoms with Gasteiger partial charge in [-0.25, -0.2) is 0 Å². The van der Waals surface area contributed by atoms with Crippen LogP contribution in [0.1, 0.15) is 0 Å². The summed E-state index contributed by atoms with van der Waals surface area (Å²) in [6.45, 7) is 0. The lowest BCUT2D eigenvalue weighted by Crippen LogP contribution is -2.74. The van der Waals surface area contributed by atoms with E-state index in [1.165, 1.54) is 0 Å². The zero-order valence-corrected chi connectivity index (χ0v) is 45.9. The first-order chi connectivity index (χ1) is 46.3. The highest BCUT2D eigenvalue weighted by molar-refractivity contribution is 5.77. The molecule has 0 rings (SSSR count). The van der Waals surface area contributed by atoms with E-state index in [0.29, 0.717) is 28.4 Å². The third-order valence-electron chi connectivity index (χ3n) is 10.7. The van der Waals surface area contributed by atoms with Crippen molar-refractivity contribution < 1.29 is 342 Å². The minimum Gasteiger partial charge on any atom is -0.263 e. The molecular weight excluding hydrogens is 1830 g/mol. The maximum absolute atomic E-state index is 15.2. The average molecular weight is 1830 g/mol. The van der Waals surface area contributed by atoms with Crippen molar-refractivity contribution in [2.45, 2.75) is 193 Å². The number of carbonyl (C=O) groups excluding carboxylic acids is 1. The summed E-state index contributed by atoms with van der Waals surface area (Å²) >= 11 is 0. The summed E-state index contributed by atoms with van der Waals surface area (Å²) in [5.74, 6) is -109. The molecule has 0 bridgehead atoms. The third kappa shape index (κ3) is 17.0. The lowest BCUT2D eigenvalue weighted by atomic mass is 10.1. The Hall–Kier alpha value is -5.35. The van der Waals surface area contributed by atoms with Crippen LogP contribution in [0.2, 0.25) is 0 Å². The van der Waals surface area contributed by atoms with Gasteiger partial charge in [0, 0.05) is 0 Å². The van der Waals surface area contributed by atoms with Crippen molar-refractivity contribution in [2.24, 2.45) is 0 Å². The standard InChI is InChI=1S/C33F66O11/c34-1(100)2(35,13(47,48)49)101-25(82,83)4(38,15(53,54)55)103-27(86,87)6(40,17(59,60)61)105-29(90,91)8(42,19(65,66)67)107-31(94,95)10(44,21(71,72)73)109-33(98,99)12(46,23(77,78)79)110-32(96,97)11(45,22(74,75)76)108-30(92,93)9(43,20(68,69)70)106-28(88,89)7(41,18(62,63)64)104-26(84,85)5(39,16(56,57)58)102-24(80,81)3(36,37)14(50,51)52. The molecule has 0 saturated heterocycles. The molecule has 0 aliphatic carbocycles. The fourth-order valence-corrected chi connectivity index (χ4v) is 5.34.